The number of hydrogen-bond acceptors (Lipinski definition) is 5. The van der Waals surface area contributed by atoms with Crippen molar-refractivity contribution in [1.82, 2.24) is 5.32 Å². The van der Waals surface area contributed by atoms with Crippen molar-refractivity contribution in [3.05, 3.63) is 108 Å². The monoisotopic (exact) mass is 489 g/mol. The Bertz CT molecular complexity index is 1050. The average molecular weight is 490 g/mol. The smallest absolute Gasteiger partial charge is 0.216 e. The summed E-state index contributed by atoms with van der Waals surface area (Å²) < 4.78 is 25.8. The minimum absolute atomic E-state index is 0.114. The van der Waals surface area contributed by atoms with Gasteiger partial charge in [0, 0.05) is 13.5 Å². The van der Waals surface area contributed by atoms with Gasteiger partial charge in [-0.15, -0.1) is 0 Å². The third-order valence-electron chi connectivity index (χ3n) is 6.27. The van der Waals surface area contributed by atoms with Crippen molar-refractivity contribution in [2.45, 2.75) is 64.2 Å². The van der Waals surface area contributed by atoms with Gasteiger partial charge in [0.1, 0.15) is 24.4 Å². The molecule has 1 aliphatic rings. The van der Waals surface area contributed by atoms with Crippen LogP contribution in [0, 0.1) is 0 Å². The molecule has 6 nitrogen and oxygen atoms in total. The normalized spacial score (nSPS) is 23.8. The van der Waals surface area contributed by atoms with Crippen LogP contribution in [-0.4, -0.2) is 43.0 Å². The molecule has 1 amide bonds. The van der Waals surface area contributed by atoms with E-state index in [1.165, 1.54) is 6.92 Å². The van der Waals surface area contributed by atoms with E-state index in [0.29, 0.717) is 26.4 Å². The SMILES string of the molecule is CC(=O)NCC1OC(C)C(OCc2ccccc2)C(OCc2ccccc2)C1OCc1ccccc1. The van der Waals surface area contributed by atoms with E-state index in [-0.39, 0.29) is 24.2 Å². The number of carbonyl (C=O) groups excluding carboxylic acids is 1. The Labute approximate surface area is 213 Å². The molecule has 0 aromatic heterocycles. The second kappa shape index (κ2) is 13.3. The lowest BCUT2D eigenvalue weighted by molar-refractivity contribution is -0.260. The van der Waals surface area contributed by atoms with Gasteiger partial charge in [-0.2, -0.15) is 0 Å². The molecule has 190 valence electrons. The zero-order valence-corrected chi connectivity index (χ0v) is 20.9. The van der Waals surface area contributed by atoms with E-state index >= 15 is 0 Å². The molecule has 6 heteroatoms. The van der Waals surface area contributed by atoms with Crippen LogP contribution in [0.1, 0.15) is 30.5 Å². The first-order valence-corrected chi connectivity index (χ1v) is 12.5. The minimum Gasteiger partial charge on any atom is -0.368 e. The first kappa shape index (κ1) is 26.0. The van der Waals surface area contributed by atoms with E-state index in [2.05, 4.69) is 5.32 Å². The molecule has 1 saturated heterocycles. The Morgan fingerprint density at radius 3 is 1.56 bits per heavy atom. The predicted molar refractivity (Wildman–Crippen MR) is 138 cm³/mol. The van der Waals surface area contributed by atoms with Gasteiger partial charge >= 0.3 is 0 Å². The summed E-state index contributed by atoms with van der Waals surface area (Å²) in [5.41, 5.74) is 3.20. The Morgan fingerprint density at radius 2 is 1.11 bits per heavy atom. The number of ether oxygens (including phenoxy) is 4. The molecule has 0 aliphatic carbocycles. The molecule has 1 heterocycles. The van der Waals surface area contributed by atoms with E-state index < -0.39 is 12.2 Å². The maximum atomic E-state index is 11.7. The molecular weight excluding hydrogens is 454 g/mol. The van der Waals surface area contributed by atoms with Gasteiger partial charge in [-0.1, -0.05) is 91.0 Å². The van der Waals surface area contributed by atoms with Crippen LogP contribution in [0.2, 0.25) is 0 Å². The maximum absolute atomic E-state index is 11.7. The Hall–Kier alpha value is -3.03. The summed E-state index contributed by atoms with van der Waals surface area (Å²) in [7, 11) is 0. The second-order valence-corrected chi connectivity index (χ2v) is 9.10. The lowest BCUT2D eigenvalue weighted by Crippen LogP contribution is -2.61. The van der Waals surface area contributed by atoms with Gasteiger partial charge in [-0.05, 0) is 23.6 Å². The van der Waals surface area contributed by atoms with Crippen molar-refractivity contribution in [3.8, 4) is 0 Å². The van der Waals surface area contributed by atoms with Crippen LogP contribution in [0.25, 0.3) is 0 Å². The van der Waals surface area contributed by atoms with Crippen LogP contribution < -0.4 is 5.32 Å². The van der Waals surface area contributed by atoms with E-state index in [1.807, 2.05) is 97.9 Å². The van der Waals surface area contributed by atoms with Crippen LogP contribution in [-0.2, 0) is 43.6 Å². The molecule has 0 spiro atoms. The van der Waals surface area contributed by atoms with Gasteiger partial charge in [0.2, 0.25) is 5.91 Å². The van der Waals surface area contributed by atoms with Crippen LogP contribution in [0.15, 0.2) is 91.0 Å². The second-order valence-electron chi connectivity index (χ2n) is 9.10. The minimum atomic E-state index is -0.447. The van der Waals surface area contributed by atoms with E-state index in [9.17, 15) is 4.79 Å². The fourth-order valence-electron chi connectivity index (χ4n) is 4.43. The molecular formula is C30H35NO5. The van der Waals surface area contributed by atoms with Crippen molar-refractivity contribution in [1.29, 1.82) is 0 Å². The Morgan fingerprint density at radius 1 is 0.694 bits per heavy atom. The molecule has 0 bridgehead atoms. The predicted octanol–water partition coefficient (Wildman–Crippen LogP) is 4.67. The van der Waals surface area contributed by atoms with Gasteiger partial charge in [0.05, 0.1) is 25.9 Å². The lowest BCUT2D eigenvalue weighted by atomic mass is 9.94. The van der Waals surface area contributed by atoms with Gasteiger partial charge in [0.15, 0.2) is 0 Å². The van der Waals surface area contributed by atoms with E-state index in [1.54, 1.807) is 0 Å². The van der Waals surface area contributed by atoms with Gasteiger partial charge < -0.3 is 24.3 Å². The van der Waals surface area contributed by atoms with Crippen molar-refractivity contribution >= 4 is 5.91 Å². The Balaban J connectivity index is 1.57. The highest BCUT2D eigenvalue weighted by Gasteiger charge is 2.46. The number of nitrogens with one attached hydrogen (secondary N) is 1. The molecule has 4 rings (SSSR count). The third kappa shape index (κ3) is 7.48. The molecule has 3 aromatic carbocycles. The fourth-order valence-corrected chi connectivity index (χ4v) is 4.43. The summed E-state index contributed by atoms with van der Waals surface area (Å²) >= 11 is 0. The summed E-state index contributed by atoms with van der Waals surface area (Å²) in [4.78, 5) is 11.7. The molecule has 1 aliphatic heterocycles. The highest BCUT2D eigenvalue weighted by molar-refractivity contribution is 5.72. The molecule has 36 heavy (non-hydrogen) atoms. The van der Waals surface area contributed by atoms with Gasteiger partial charge in [-0.3, -0.25) is 4.79 Å². The van der Waals surface area contributed by atoms with Crippen LogP contribution >= 0.6 is 0 Å². The quantitative estimate of drug-likeness (QED) is 0.424. The molecule has 5 atom stereocenters. The standard InChI is InChI=1S/C30H35NO5/c1-22-28(33-19-24-12-6-3-7-13-24)30(35-21-26-16-10-5-11-17-26)29(27(36-22)18-31-23(2)32)34-20-25-14-8-4-9-15-25/h3-17,22,27-30H,18-21H2,1-2H3,(H,31,32). The zero-order chi connectivity index (χ0) is 25.2. The van der Waals surface area contributed by atoms with Crippen molar-refractivity contribution < 1.29 is 23.7 Å². The highest BCUT2D eigenvalue weighted by atomic mass is 16.6. The summed E-state index contributed by atoms with van der Waals surface area (Å²) in [5.74, 6) is -0.114. The summed E-state index contributed by atoms with van der Waals surface area (Å²) in [6, 6.07) is 30.1. The number of hydrogen-bond donors (Lipinski definition) is 1. The number of rotatable bonds is 11. The lowest BCUT2D eigenvalue weighted by Gasteiger charge is -2.45. The topological polar surface area (TPSA) is 66.0 Å². The largest absolute Gasteiger partial charge is 0.368 e. The third-order valence-corrected chi connectivity index (χ3v) is 6.27. The Kier molecular flexibility index (Phi) is 9.64. The average Bonchev–Trinajstić information content (AvgIpc) is 2.91. The first-order valence-electron chi connectivity index (χ1n) is 12.5. The van der Waals surface area contributed by atoms with Gasteiger partial charge in [-0.25, -0.2) is 0 Å². The van der Waals surface area contributed by atoms with E-state index in [4.69, 9.17) is 18.9 Å². The molecule has 1 fully saturated rings. The highest BCUT2D eigenvalue weighted by Crippen LogP contribution is 2.30. The summed E-state index contributed by atoms with van der Waals surface area (Å²) in [5, 5.41) is 2.89. The maximum Gasteiger partial charge on any atom is 0.216 e. The molecule has 5 unspecified atom stereocenters. The summed E-state index contributed by atoms with van der Waals surface area (Å²) in [6.45, 7) is 5.07. The first-order chi connectivity index (χ1) is 17.6. The number of amides is 1. The zero-order valence-electron chi connectivity index (χ0n) is 20.9. The number of benzene rings is 3. The molecule has 3 aromatic rings. The number of carbonyl (C=O) groups is 1. The van der Waals surface area contributed by atoms with E-state index in [0.717, 1.165) is 16.7 Å². The molecule has 1 N–H and O–H groups in total. The van der Waals surface area contributed by atoms with Crippen molar-refractivity contribution in [2.24, 2.45) is 0 Å². The van der Waals surface area contributed by atoms with Crippen LogP contribution in [0.3, 0.4) is 0 Å². The molecule has 0 radical (unpaired) electrons. The summed E-state index contributed by atoms with van der Waals surface area (Å²) in [6.07, 6.45) is -1.85. The fraction of sp³-hybridized carbons (Fsp3) is 0.367. The van der Waals surface area contributed by atoms with Crippen LogP contribution in [0.5, 0.6) is 0 Å². The van der Waals surface area contributed by atoms with Crippen molar-refractivity contribution in [3.63, 3.8) is 0 Å². The van der Waals surface area contributed by atoms with Gasteiger partial charge in [0.25, 0.3) is 0 Å². The molecule has 0 saturated carbocycles. The van der Waals surface area contributed by atoms with Crippen LogP contribution in [0.4, 0.5) is 0 Å². The van der Waals surface area contributed by atoms with Crippen molar-refractivity contribution in [2.75, 3.05) is 6.54 Å².